The topological polar surface area (TPSA) is 55.7 Å². The van der Waals surface area contributed by atoms with E-state index in [1.54, 1.807) is 0 Å². The standard InChI is InChI=1S/C22H36N2O2/c1-20(2)11-9-16(10-12-20)23-14-19(25)15-7-8-17-18(13-15)22(5,6)24(26)21(17,3)4/h7-8,13,16,19,23,25-26H,9-12,14H2,1-6H3. The molecule has 0 radical (unpaired) electrons. The molecule has 1 aromatic rings. The van der Waals surface area contributed by atoms with Crippen LogP contribution in [0.25, 0.3) is 0 Å². The number of benzene rings is 1. The third-order valence-electron chi connectivity index (χ3n) is 6.74. The summed E-state index contributed by atoms with van der Waals surface area (Å²) in [7, 11) is 0. The quantitative estimate of drug-likeness (QED) is 0.742. The van der Waals surface area contributed by atoms with Gasteiger partial charge in [-0.05, 0) is 75.5 Å². The second-order valence-corrected chi connectivity index (χ2v) is 10.1. The van der Waals surface area contributed by atoms with E-state index in [0.29, 0.717) is 18.0 Å². The van der Waals surface area contributed by atoms with Crippen molar-refractivity contribution in [3.8, 4) is 0 Å². The molecule has 26 heavy (non-hydrogen) atoms. The number of nitrogens with zero attached hydrogens (tertiary/aromatic N) is 1. The minimum atomic E-state index is -0.526. The summed E-state index contributed by atoms with van der Waals surface area (Å²) in [5, 5.41) is 26.3. The Morgan fingerprint density at radius 3 is 2.23 bits per heavy atom. The van der Waals surface area contributed by atoms with Crippen LogP contribution in [0.1, 0.15) is 90.0 Å². The van der Waals surface area contributed by atoms with Crippen molar-refractivity contribution >= 4 is 0 Å². The number of hydrogen-bond acceptors (Lipinski definition) is 4. The van der Waals surface area contributed by atoms with Crippen LogP contribution in [-0.4, -0.2) is 28.0 Å². The van der Waals surface area contributed by atoms with E-state index in [-0.39, 0.29) is 0 Å². The monoisotopic (exact) mass is 360 g/mol. The third-order valence-corrected chi connectivity index (χ3v) is 6.74. The Kier molecular flexibility index (Phi) is 5.02. The first-order valence-electron chi connectivity index (χ1n) is 10.0. The zero-order chi connectivity index (χ0) is 19.3. The molecule has 146 valence electrons. The first kappa shape index (κ1) is 19.8. The fraction of sp³-hybridized carbons (Fsp3) is 0.727. The Bertz CT molecular complexity index is 656. The van der Waals surface area contributed by atoms with E-state index >= 15 is 0 Å². The lowest BCUT2D eigenvalue weighted by Gasteiger charge is -2.35. The summed E-state index contributed by atoms with van der Waals surface area (Å²) >= 11 is 0. The number of aliphatic hydroxyl groups is 1. The molecule has 1 aliphatic carbocycles. The van der Waals surface area contributed by atoms with Gasteiger partial charge in [-0.15, -0.1) is 0 Å². The number of hydrogen-bond donors (Lipinski definition) is 3. The largest absolute Gasteiger partial charge is 0.387 e. The van der Waals surface area contributed by atoms with Gasteiger partial charge in [0.15, 0.2) is 0 Å². The Morgan fingerprint density at radius 1 is 1.04 bits per heavy atom. The van der Waals surface area contributed by atoms with Crippen LogP contribution in [0, 0.1) is 5.41 Å². The summed E-state index contributed by atoms with van der Waals surface area (Å²) in [6.45, 7) is 13.4. The molecule has 2 aliphatic rings. The van der Waals surface area contributed by atoms with Gasteiger partial charge in [0.05, 0.1) is 17.2 Å². The van der Waals surface area contributed by atoms with Crippen molar-refractivity contribution in [2.75, 3.05) is 6.54 Å². The second-order valence-electron chi connectivity index (χ2n) is 10.1. The zero-order valence-electron chi connectivity index (χ0n) is 17.3. The van der Waals surface area contributed by atoms with Crippen LogP contribution in [0.15, 0.2) is 18.2 Å². The molecule has 4 nitrogen and oxygen atoms in total. The lowest BCUT2D eigenvalue weighted by Crippen LogP contribution is -2.42. The van der Waals surface area contributed by atoms with Crippen molar-refractivity contribution in [1.29, 1.82) is 0 Å². The van der Waals surface area contributed by atoms with Gasteiger partial charge in [-0.1, -0.05) is 32.0 Å². The summed E-state index contributed by atoms with van der Waals surface area (Å²) < 4.78 is 0. The molecule has 1 aromatic carbocycles. The molecule has 1 unspecified atom stereocenters. The predicted molar refractivity (Wildman–Crippen MR) is 105 cm³/mol. The van der Waals surface area contributed by atoms with Crippen LogP contribution in [0.5, 0.6) is 0 Å². The zero-order valence-corrected chi connectivity index (χ0v) is 17.3. The van der Waals surface area contributed by atoms with Crippen LogP contribution in [0.3, 0.4) is 0 Å². The number of hydroxylamine groups is 2. The molecular weight excluding hydrogens is 324 g/mol. The number of aliphatic hydroxyl groups excluding tert-OH is 1. The van der Waals surface area contributed by atoms with Crippen LogP contribution in [-0.2, 0) is 11.1 Å². The lowest BCUT2D eigenvalue weighted by molar-refractivity contribution is -0.216. The minimum Gasteiger partial charge on any atom is -0.387 e. The summed E-state index contributed by atoms with van der Waals surface area (Å²) in [5.41, 5.74) is 2.73. The van der Waals surface area contributed by atoms with E-state index in [9.17, 15) is 10.3 Å². The van der Waals surface area contributed by atoms with Crippen molar-refractivity contribution in [2.45, 2.75) is 90.4 Å². The van der Waals surface area contributed by atoms with E-state index in [4.69, 9.17) is 0 Å². The van der Waals surface area contributed by atoms with E-state index in [1.807, 2.05) is 33.8 Å². The number of nitrogens with one attached hydrogen (secondary N) is 1. The fourth-order valence-corrected chi connectivity index (χ4v) is 4.74. The highest BCUT2D eigenvalue weighted by molar-refractivity contribution is 5.45. The molecule has 1 aliphatic heterocycles. The third kappa shape index (κ3) is 3.45. The first-order valence-corrected chi connectivity index (χ1v) is 10.0. The Hall–Kier alpha value is -0.940. The molecule has 1 atom stereocenters. The van der Waals surface area contributed by atoms with Gasteiger partial charge in [0.25, 0.3) is 0 Å². The van der Waals surface area contributed by atoms with E-state index in [2.05, 4.69) is 31.3 Å². The molecule has 1 heterocycles. The predicted octanol–water partition coefficient (Wildman–Crippen LogP) is 4.45. The highest BCUT2D eigenvalue weighted by atomic mass is 16.5. The average Bonchev–Trinajstić information content (AvgIpc) is 2.71. The fourth-order valence-electron chi connectivity index (χ4n) is 4.74. The van der Waals surface area contributed by atoms with Crippen molar-refractivity contribution in [2.24, 2.45) is 5.41 Å². The van der Waals surface area contributed by atoms with Crippen LogP contribution < -0.4 is 5.32 Å². The van der Waals surface area contributed by atoms with Crippen molar-refractivity contribution in [3.05, 3.63) is 34.9 Å². The SMILES string of the molecule is CC1(C)CCC(NCC(O)c2ccc3c(c2)C(C)(C)N(O)C3(C)C)CC1. The summed E-state index contributed by atoms with van der Waals surface area (Å²) in [5.74, 6) is 0. The maximum absolute atomic E-state index is 10.7. The molecular formula is C22H36N2O2. The molecule has 0 spiro atoms. The average molecular weight is 361 g/mol. The molecule has 1 fully saturated rings. The summed E-state index contributed by atoms with van der Waals surface area (Å²) in [4.78, 5) is 0. The Balaban J connectivity index is 1.69. The molecule has 4 heteroatoms. The summed E-state index contributed by atoms with van der Waals surface area (Å²) in [6.07, 6.45) is 4.33. The van der Waals surface area contributed by atoms with Gasteiger partial charge in [-0.2, -0.15) is 5.06 Å². The van der Waals surface area contributed by atoms with Crippen molar-refractivity contribution < 1.29 is 10.3 Å². The molecule has 3 rings (SSSR count). The maximum atomic E-state index is 10.7. The lowest BCUT2D eigenvalue weighted by atomic mass is 9.75. The highest BCUT2D eigenvalue weighted by Crippen LogP contribution is 2.48. The Morgan fingerprint density at radius 2 is 1.62 bits per heavy atom. The van der Waals surface area contributed by atoms with Crippen LogP contribution in [0.2, 0.25) is 0 Å². The van der Waals surface area contributed by atoms with Crippen LogP contribution >= 0.6 is 0 Å². The molecule has 0 aromatic heterocycles. The normalized spacial score (nSPS) is 25.8. The van der Waals surface area contributed by atoms with Gasteiger partial charge in [-0.25, -0.2) is 0 Å². The van der Waals surface area contributed by atoms with E-state index in [1.165, 1.54) is 30.7 Å². The second kappa shape index (κ2) is 6.59. The van der Waals surface area contributed by atoms with Gasteiger partial charge in [0, 0.05) is 12.6 Å². The maximum Gasteiger partial charge on any atom is 0.0914 e. The number of fused-ring (bicyclic) bond motifs is 1. The molecule has 0 bridgehead atoms. The number of rotatable bonds is 4. The molecule has 0 saturated heterocycles. The van der Waals surface area contributed by atoms with Gasteiger partial charge < -0.3 is 15.6 Å². The first-order chi connectivity index (χ1) is 11.9. The highest BCUT2D eigenvalue weighted by Gasteiger charge is 2.48. The van der Waals surface area contributed by atoms with Gasteiger partial charge >= 0.3 is 0 Å². The van der Waals surface area contributed by atoms with Crippen LogP contribution in [0.4, 0.5) is 0 Å². The van der Waals surface area contributed by atoms with Gasteiger partial charge in [0.2, 0.25) is 0 Å². The van der Waals surface area contributed by atoms with E-state index < -0.39 is 17.2 Å². The van der Waals surface area contributed by atoms with E-state index in [0.717, 1.165) is 16.7 Å². The van der Waals surface area contributed by atoms with Gasteiger partial charge in [0.1, 0.15) is 0 Å². The van der Waals surface area contributed by atoms with Crippen molar-refractivity contribution in [1.82, 2.24) is 10.4 Å². The molecule has 0 amide bonds. The van der Waals surface area contributed by atoms with Gasteiger partial charge in [-0.3, -0.25) is 0 Å². The van der Waals surface area contributed by atoms with Crippen molar-refractivity contribution in [3.63, 3.8) is 0 Å². The molecule has 1 saturated carbocycles. The minimum absolute atomic E-state index is 0.421. The smallest absolute Gasteiger partial charge is 0.0914 e. The summed E-state index contributed by atoms with van der Waals surface area (Å²) in [6, 6.07) is 6.65. The Labute approximate surface area is 158 Å². The molecule has 3 N–H and O–H groups in total.